The number of nitrogens with one attached hydrogen (secondary N) is 1. The quantitative estimate of drug-likeness (QED) is 0.880. The van der Waals surface area contributed by atoms with Gasteiger partial charge in [0.2, 0.25) is 5.91 Å². The Morgan fingerprint density at radius 3 is 3.25 bits per heavy atom. The average Bonchev–Trinajstić information content (AvgIpc) is 2.75. The molecule has 16 heavy (non-hydrogen) atoms. The van der Waals surface area contributed by atoms with Crippen LogP contribution in [-0.2, 0) is 9.53 Å². The topological polar surface area (TPSA) is 54.5 Å². The molecule has 0 radical (unpaired) electrons. The SMILES string of the molecule is CNC(=O)C1COCCN1c1nc(Br)cs1. The van der Waals surface area contributed by atoms with E-state index in [0.29, 0.717) is 19.8 Å². The first-order valence-electron chi connectivity index (χ1n) is 4.89. The van der Waals surface area contributed by atoms with Crippen LogP contribution in [0.3, 0.4) is 0 Å². The van der Waals surface area contributed by atoms with Crippen molar-refractivity contribution in [3.05, 3.63) is 9.98 Å². The molecule has 0 aromatic carbocycles. The molecule has 1 aromatic heterocycles. The molecule has 1 saturated heterocycles. The fourth-order valence-corrected chi connectivity index (χ4v) is 2.92. The fourth-order valence-electron chi connectivity index (χ4n) is 1.59. The number of aromatic nitrogens is 1. The number of amides is 1. The summed E-state index contributed by atoms with van der Waals surface area (Å²) in [6, 6.07) is -0.281. The van der Waals surface area contributed by atoms with Gasteiger partial charge in [0.05, 0.1) is 13.2 Å². The van der Waals surface area contributed by atoms with Crippen molar-refractivity contribution >= 4 is 38.3 Å². The van der Waals surface area contributed by atoms with Crippen LogP contribution >= 0.6 is 27.3 Å². The largest absolute Gasteiger partial charge is 0.377 e. The van der Waals surface area contributed by atoms with Crippen LogP contribution in [-0.4, -0.2) is 43.7 Å². The molecule has 1 unspecified atom stereocenters. The first-order chi connectivity index (χ1) is 7.72. The van der Waals surface area contributed by atoms with Crippen LogP contribution in [0.5, 0.6) is 0 Å². The summed E-state index contributed by atoms with van der Waals surface area (Å²) >= 11 is 4.83. The summed E-state index contributed by atoms with van der Waals surface area (Å²) in [5, 5.41) is 5.40. The molecule has 1 aliphatic rings. The molecule has 0 saturated carbocycles. The smallest absolute Gasteiger partial charge is 0.244 e. The van der Waals surface area contributed by atoms with Gasteiger partial charge in [-0.05, 0) is 15.9 Å². The number of hydrogen-bond donors (Lipinski definition) is 1. The van der Waals surface area contributed by atoms with Crippen LogP contribution in [0.1, 0.15) is 0 Å². The molecule has 5 nitrogen and oxygen atoms in total. The maximum atomic E-state index is 11.7. The van der Waals surface area contributed by atoms with Gasteiger partial charge in [0.1, 0.15) is 10.6 Å². The molecular formula is C9H12BrN3O2S. The number of hydrogen-bond acceptors (Lipinski definition) is 5. The molecule has 7 heteroatoms. The highest BCUT2D eigenvalue weighted by atomic mass is 79.9. The molecule has 1 N–H and O–H groups in total. The molecular weight excluding hydrogens is 294 g/mol. The number of rotatable bonds is 2. The highest BCUT2D eigenvalue weighted by Gasteiger charge is 2.30. The Kier molecular flexibility index (Phi) is 3.78. The van der Waals surface area contributed by atoms with Gasteiger partial charge in [-0.3, -0.25) is 4.79 Å². The maximum absolute atomic E-state index is 11.7. The number of carbonyl (C=O) groups is 1. The zero-order valence-corrected chi connectivity index (χ0v) is 11.2. The van der Waals surface area contributed by atoms with Gasteiger partial charge in [0.15, 0.2) is 5.13 Å². The lowest BCUT2D eigenvalue weighted by Crippen LogP contribution is -2.53. The van der Waals surface area contributed by atoms with Crippen molar-refractivity contribution < 1.29 is 9.53 Å². The number of anilines is 1. The Morgan fingerprint density at radius 2 is 2.62 bits per heavy atom. The van der Waals surface area contributed by atoms with E-state index in [4.69, 9.17) is 4.74 Å². The molecule has 1 atom stereocenters. The second-order valence-corrected chi connectivity index (χ2v) is 5.00. The Hall–Kier alpha value is -0.660. The highest BCUT2D eigenvalue weighted by Crippen LogP contribution is 2.26. The average molecular weight is 306 g/mol. The summed E-state index contributed by atoms with van der Waals surface area (Å²) in [6.07, 6.45) is 0. The van der Waals surface area contributed by atoms with Gasteiger partial charge in [0.25, 0.3) is 0 Å². The fraction of sp³-hybridized carbons (Fsp3) is 0.556. The van der Waals surface area contributed by atoms with E-state index in [2.05, 4.69) is 26.2 Å². The van der Waals surface area contributed by atoms with Gasteiger partial charge in [-0.2, -0.15) is 0 Å². The lowest BCUT2D eigenvalue weighted by Gasteiger charge is -2.33. The molecule has 0 bridgehead atoms. The normalized spacial score (nSPS) is 20.9. The van der Waals surface area contributed by atoms with E-state index < -0.39 is 0 Å². The number of ether oxygens (including phenoxy) is 1. The lowest BCUT2D eigenvalue weighted by molar-refractivity contribution is -0.124. The first-order valence-corrected chi connectivity index (χ1v) is 6.56. The van der Waals surface area contributed by atoms with Gasteiger partial charge < -0.3 is 15.0 Å². The summed E-state index contributed by atoms with van der Waals surface area (Å²) in [5.41, 5.74) is 0. The van der Waals surface area contributed by atoms with E-state index >= 15 is 0 Å². The molecule has 0 aliphatic carbocycles. The summed E-state index contributed by atoms with van der Waals surface area (Å²) in [4.78, 5) is 18.0. The van der Waals surface area contributed by atoms with Crippen molar-refractivity contribution in [2.75, 3.05) is 31.7 Å². The standard InChI is InChI=1S/C9H12BrN3O2S/c1-11-8(14)6-4-15-3-2-13(6)9-12-7(10)5-16-9/h5-6H,2-4H2,1H3,(H,11,14). The lowest BCUT2D eigenvalue weighted by atomic mass is 10.2. The summed E-state index contributed by atoms with van der Waals surface area (Å²) in [7, 11) is 1.63. The van der Waals surface area contributed by atoms with Crippen LogP contribution in [0, 0.1) is 0 Å². The molecule has 88 valence electrons. The van der Waals surface area contributed by atoms with E-state index in [1.807, 2.05) is 10.3 Å². The Labute approximate surface area is 106 Å². The number of halogens is 1. The van der Waals surface area contributed by atoms with Gasteiger partial charge in [-0.1, -0.05) is 0 Å². The van der Waals surface area contributed by atoms with Gasteiger partial charge >= 0.3 is 0 Å². The van der Waals surface area contributed by atoms with Gasteiger partial charge in [0, 0.05) is 19.0 Å². The van der Waals surface area contributed by atoms with Crippen molar-refractivity contribution in [3.8, 4) is 0 Å². The van der Waals surface area contributed by atoms with E-state index in [1.54, 1.807) is 7.05 Å². The minimum Gasteiger partial charge on any atom is -0.377 e. The Morgan fingerprint density at radius 1 is 1.81 bits per heavy atom. The zero-order valence-electron chi connectivity index (χ0n) is 8.77. The summed E-state index contributed by atoms with van der Waals surface area (Å²) in [6.45, 7) is 1.74. The monoisotopic (exact) mass is 305 g/mol. The van der Waals surface area contributed by atoms with Gasteiger partial charge in [-0.15, -0.1) is 11.3 Å². The van der Waals surface area contributed by atoms with E-state index in [0.717, 1.165) is 9.73 Å². The minimum absolute atomic E-state index is 0.0361. The van der Waals surface area contributed by atoms with Gasteiger partial charge in [-0.25, -0.2) is 4.98 Å². The van der Waals surface area contributed by atoms with Crippen LogP contribution in [0.4, 0.5) is 5.13 Å². The van der Waals surface area contributed by atoms with Crippen molar-refractivity contribution in [1.82, 2.24) is 10.3 Å². The van der Waals surface area contributed by atoms with Crippen LogP contribution in [0.2, 0.25) is 0 Å². The highest BCUT2D eigenvalue weighted by molar-refractivity contribution is 9.10. The summed E-state index contributed by atoms with van der Waals surface area (Å²) < 4.78 is 6.13. The third-order valence-corrected chi connectivity index (χ3v) is 3.97. The van der Waals surface area contributed by atoms with Crippen molar-refractivity contribution in [2.24, 2.45) is 0 Å². The number of nitrogens with zero attached hydrogens (tertiary/aromatic N) is 2. The molecule has 1 aliphatic heterocycles. The third-order valence-electron chi connectivity index (χ3n) is 2.39. The van der Waals surface area contributed by atoms with Crippen LogP contribution < -0.4 is 10.2 Å². The summed E-state index contributed by atoms with van der Waals surface area (Å²) in [5.74, 6) is -0.0361. The van der Waals surface area contributed by atoms with Crippen molar-refractivity contribution in [3.63, 3.8) is 0 Å². The molecule has 1 aromatic rings. The third kappa shape index (κ3) is 2.36. The molecule has 1 amide bonds. The van der Waals surface area contributed by atoms with E-state index in [9.17, 15) is 4.79 Å². The van der Waals surface area contributed by atoms with E-state index in [1.165, 1.54) is 11.3 Å². The first kappa shape index (κ1) is 11.8. The van der Waals surface area contributed by atoms with Crippen molar-refractivity contribution in [1.29, 1.82) is 0 Å². The number of morpholine rings is 1. The van der Waals surface area contributed by atoms with E-state index in [-0.39, 0.29) is 11.9 Å². The zero-order chi connectivity index (χ0) is 11.5. The van der Waals surface area contributed by atoms with Crippen LogP contribution in [0.25, 0.3) is 0 Å². The predicted molar refractivity (Wildman–Crippen MR) is 65.8 cm³/mol. The number of carbonyl (C=O) groups excluding carboxylic acids is 1. The van der Waals surface area contributed by atoms with Crippen LogP contribution in [0.15, 0.2) is 9.98 Å². The molecule has 1 fully saturated rings. The predicted octanol–water partition coefficient (Wildman–Crippen LogP) is 0.857. The second kappa shape index (κ2) is 5.11. The van der Waals surface area contributed by atoms with Crippen molar-refractivity contribution in [2.45, 2.75) is 6.04 Å². The maximum Gasteiger partial charge on any atom is 0.244 e. The Bertz CT molecular complexity index is 385. The minimum atomic E-state index is -0.281. The molecule has 2 heterocycles. The second-order valence-electron chi connectivity index (χ2n) is 3.35. The number of thiazole rings is 1. The Balaban J connectivity index is 2.19. The molecule has 2 rings (SSSR count). The molecule has 0 spiro atoms. The number of likely N-dealkylation sites (N-methyl/N-ethyl adjacent to an activating group) is 1.